The number of rotatable bonds is 3. The molecule has 2 N–H and O–H groups in total. The number of hydrogen-bond donors (Lipinski definition) is 2. The van der Waals surface area contributed by atoms with Gasteiger partial charge in [-0.2, -0.15) is 0 Å². The molecular weight excluding hydrogens is 219 g/mol. The summed E-state index contributed by atoms with van der Waals surface area (Å²) in [6.45, 7) is 2.94. The van der Waals surface area contributed by atoms with Crippen molar-refractivity contribution >= 4 is 11.6 Å². The van der Waals surface area contributed by atoms with Gasteiger partial charge >= 0.3 is 0 Å². The third kappa shape index (κ3) is 3.45. The van der Waals surface area contributed by atoms with E-state index in [1.165, 1.54) is 32.0 Å². The van der Waals surface area contributed by atoms with Crippen LogP contribution in [0.2, 0.25) is 5.02 Å². The highest BCUT2D eigenvalue weighted by Crippen LogP contribution is 2.19. The van der Waals surface area contributed by atoms with Crippen LogP contribution in [0.1, 0.15) is 19.4 Å². The summed E-state index contributed by atoms with van der Waals surface area (Å²) in [4.78, 5) is 0. The van der Waals surface area contributed by atoms with Crippen LogP contribution in [0, 0.1) is 5.82 Å². The lowest BCUT2D eigenvalue weighted by atomic mass is 9.95. The van der Waals surface area contributed by atoms with Gasteiger partial charge in [-0.3, -0.25) is 0 Å². The van der Waals surface area contributed by atoms with Gasteiger partial charge in [0.15, 0.2) is 0 Å². The van der Waals surface area contributed by atoms with E-state index in [0.717, 1.165) is 0 Å². The average Bonchev–Trinajstić information content (AvgIpc) is 2.09. The average molecular weight is 233 g/mol. The van der Waals surface area contributed by atoms with Crippen LogP contribution >= 0.6 is 11.6 Å². The van der Waals surface area contributed by atoms with E-state index in [2.05, 4.69) is 0 Å². The number of aliphatic hydroxyl groups excluding tert-OH is 1. The van der Waals surface area contributed by atoms with E-state index in [0.29, 0.717) is 10.6 Å². The van der Waals surface area contributed by atoms with Gasteiger partial charge in [-0.25, -0.2) is 4.39 Å². The number of aliphatic hydroxyl groups is 2. The molecule has 0 spiro atoms. The molecule has 0 fully saturated rings. The number of hydrogen-bond acceptors (Lipinski definition) is 2. The molecule has 1 aromatic carbocycles. The van der Waals surface area contributed by atoms with Crippen LogP contribution in [0.3, 0.4) is 0 Å². The van der Waals surface area contributed by atoms with Crippen LogP contribution in [-0.4, -0.2) is 21.9 Å². The van der Waals surface area contributed by atoms with Crippen molar-refractivity contribution in [2.75, 3.05) is 0 Å². The number of halogens is 2. The maximum Gasteiger partial charge on any atom is 0.126 e. The smallest absolute Gasteiger partial charge is 0.126 e. The molecule has 0 radical (unpaired) electrons. The molecule has 0 aliphatic carbocycles. The first-order valence-electron chi connectivity index (χ1n) is 4.65. The fourth-order valence-electron chi connectivity index (χ4n) is 1.16. The summed E-state index contributed by atoms with van der Waals surface area (Å²) in [5.74, 6) is -0.428. The molecule has 0 amide bonds. The monoisotopic (exact) mass is 232 g/mol. The summed E-state index contributed by atoms with van der Waals surface area (Å²) in [5.41, 5.74) is -0.952. The van der Waals surface area contributed by atoms with Crippen molar-refractivity contribution in [3.05, 3.63) is 34.6 Å². The molecule has 0 bridgehead atoms. The molecule has 15 heavy (non-hydrogen) atoms. The molecule has 1 rings (SSSR count). The van der Waals surface area contributed by atoms with E-state index in [1.807, 2.05) is 0 Å². The van der Waals surface area contributed by atoms with Gasteiger partial charge in [-0.15, -0.1) is 0 Å². The van der Waals surface area contributed by atoms with Crippen LogP contribution in [0.5, 0.6) is 0 Å². The van der Waals surface area contributed by atoms with Crippen molar-refractivity contribution in [1.29, 1.82) is 0 Å². The van der Waals surface area contributed by atoms with E-state index in [4.69, 9.17) is 11.6 Å². The topological polar surface area (TPSA) is 40.5 Å². The third-order valence-electron chi connectivity index (χ3n) is 2.24. The molecule has 0 aliphatic heterocycles. The van der Waals surface area contributed by atoms with E-state index >= 15 is 0 Å². The first kappa shape index (κ1) is 12.4. The fourth-order valence-corrected chi connectivity index (χ4v) is 1.35. The lowest BCUT2D eigenvalue weighted by molar-refractivity contribution is -0.0472. The Morgan fingerprint density at radius 1 is 1.47 bits per heavy atom. The Labute approximate surface area is 93.3 Å². The zero-order valence-corrected chi connectivity index (χ0v) is 9.42. The summed E-state index contributed by atoms with van der Waals surface area (Å²) in [7, 11) is 0. The van der Waals surface area contributed by atoms with Gasteiger partial charge in [-0.05, 0) is 37.6 Å². The van der Waals surface area contributed by atoms with Crippen LogP contribution in [-0.2, 0) is 6.42 Å². The molecule has 1 atom stereocenters. The summed E-state index contributed by atoms with van der Waals surface area (Å²) in [6, 6.07) is 4.14. The molecule has 1 unspecified atom stereocenters. The molecule has 0 saturated carbocycles. The number of benzene rings is 1. The second-order valence-electron chi connectivity index (χ2n) is 4.11. The third-order valence-corrected chi connectivity index (χ3v) is 2.47. The molecule has 84 valence electrons. The van der Waals surface area contributed by atoms with Gasteiger partial charge < -0.3 is 10.2 Å². The minimum atomic E-state index is -1.26. The van der Waals surface area contributed by atoms with Crippen molar-refractivity contribution in [2.24, 2.45) is 0 Å². The quantitative estimate of drug-likeness (QED) is 0.839. The lowest BCUT2D eigenvalue weighted by Gasteiger charge is -2.24. The van der Waals surface area contributed by atoms with E-state index in [1.54, 1.807) is 0 Å². The molecule has 0 aromatic heterocycles. The van der Waals surface area contributed by atoms with Crippen molar-refractivity contribution in [2.45, 2.75) is 32.0 Å². The molecule has 1 aromatic rings. The molecular formula is C11H14ClFO2. The van der Waals surface area contributed by atoms with Gasteiger partial charge in [-0.1, -0.05) is 11.6 Å². The molecule has 0 heterocycles. The Balaban J connectivity index is 2.85. The highest BCUT2D eigenvalue weighted by atomic mass is 35.5. The first-order chi connectivity index (χ1) is 6.80. The Kier molecular flexibility index (Phi) is 3.71. The highest BCUT2D eigenvalue weighted by molar-refractivity contribution is 6.30. The maximum absolute atomic E-state index is 13.3. The largest absolute Gasteiger partial charge is 0.390 e. The SMILES string of the molecule is CC(C)(O)C(O)Cc1cc(Cl)ccc1F. The van der Waals surface area contributed by atoms with Crippen LogP contribution in [0.15, 0.2) is 18.2 Å². The van der Waals surface area contributed by atoms with Gasteiger partial charge in [0.05, 0.1) is 11.7 Å². The van der Waals surface area contributed by atoms with Crippen LogP contribution in [0.4, 0.5) is 4.39 Å². The van der Waals surface area contributed by atoms with E-state index in [-0.39, 0.29) is 6.42 Å². The predicted molar refractivity (Wildman–Crippen MR) is 57.4 cm³/mol. The van der Waals surface area contributed by atoms with Crippen molar-refractivity contribution in [1.82, 2.24) is 0 Å². The fraction of sp³-hybridized carbons (Fsp3) is 0.455. The normalized spacial score (nSPS) is 14.0. The van der Waals surface area contributed by atoms with Gasteiger partial charge in [0.1, 0.15) is 5.82 Å². The van der Waals surface area contributed by atoms with Crippen molar-refractivity contribution in [3.63, 3.8) is 0 Å². The molecule has 4 heteroatoms. The summed E-state index contributed by atoms with van der Waals surface area (Å²) < 4.78 is 13.3. The lowest BCUT2D eigenvalue weighted by Crippen LogP contribution is -2.37. The standard InChI is InChI=1S/C11H14ClFO2/c1-11(2,15)10(14)6-7-5-8(12)3-4-9(7)13/h3-5,10,14-15H,6H2,1-2H3. The van der Waals surface area contributed by atoms with E-state index < -0.39 is 17.5 Å². The molecule has 0 aliphatic rings. The van der Waals surface area contributed by atoms with Gasteiger partial charge in [0, 0.05) is 11.4 Å². The second kappa shape index (κ2) is 4.47. The van der Waals surface area contributed by atoms with Gasteiger partial charge in [0.2, 0.25) is 0 Å². The highest BCUT2D eigenvalue weighted by Gasteiger charge is 2.25. The predicted octanol–water partition coefficient (Wildman–Crippen LogP) is 2.15. The minimum absolute atomic E-state index is 0.0376. The zero-order valence-electron chi connectivity index (χ0n) is 8.67. The Hall–Kier alpha value is -0.640. The molecule has 0 saturated heterocycles. The zero-order chi connectivity index (χ0) is 11.6. The Morgan fingerprint density at radius 3 is 2.60 bits per heavy atom. The summed E-state index contributed by atoms with van der Waals surface area (Å²) in [6.07, 6.45) is -0.985. The van der Waals surface area contributed by atoms with Crippen molar-refractivity contribution < 1.29 is 14.6 Å². The minimum Gasteiger partial charge on any atom is -0.390 e. The van der Waals surface area contributed by atoms with E-state index in [9.17, 15) is 14.6 Å². The first-order valence-corrected chi connectivity index (χ1v) is 5.03. The second-order valence-corrected chi connectivity index (χ2v) is 4.55. The Morgan fingerprint density at radius 2 is 2.07 bits per heavy atom. The van der Waals surface area contributed by atoms with Crippen molar-refractivity contribution in [3.8, 4) is 0 Å². The van der Waals surface area contributed by atoms with Gasteiger partial charge in [0.25, 0.3) is 0 Å². The molecule has 2 nitrogen and oxygen atoms in total. The Bertz CT molecular complexity index is 347. The van der Waals surface area contributed by atoms with Crippen LogP contribution < -0.4 is 0 Å². The maximum atomic E-state index is 13.3. The summed E-state index contributed by atoms with van der Waals surface area (Å²) in [5, 5.41) is 19.5. The van der Waals surface area contributed by atoms with Crippen LogP contribution in [0.25, 0.3) is 0 Å². The summed E-state index contributed by atoms with van der Waals surface area (Å²) >= 11 is 5.70.